The number of hydrogen-bond donors (Lipinski definition) is 1. The minimum atomic E-state index is 0.974. The Bertz CT molecular complexity index is 145. The maximum atomic E-state index is 3.50. The van der Waals surface area contributed by atoms with E-state index in [4.69, 9.17) is 0 Å². The predicted molar refractivity (Wildman–Crippen MR) is 68.1 cm³/mol. The molecule has 0 spiro atoms. The van der Waals surface area contributed by atoms with Gasteiger partial charge < -0.3 is 5.32 Å². The van der Waals surface area contributed by atoms with Crippen LogP contribution in [0, 0.1) is 17.8 Å². The lowest BCUT2D eigenvalue weighted by molar-refractivity contribution is 0.207. The number of nitrogens with one attached hydrogen (secondary N) is 1. The zero-order valence-corrected chi connectivity index (χ0v) is 10.9. The highest BCUT2D eigenvalue weighted by molar-refractivity contribution is 4.74. The molecule has 15 heavy (non-hydrogen) atoms. The van der Waals surface area contributed by atoms with E-state index in [-0.39, 0.29) is 0 Å². The van der Waals surface area contributed by atoms with E-state index in [1.807, 2.05) is 0 Å². The SMILES string of the molecule is CCCNCCCC1CC(C)CC(C)C1. The molecule has 1 fully saturated rings. The summed E-state index contributed by atoms with van der Waals surface area (Å²) in [7, 11) is 0. The number of hydrogen-bond acceptors (Lipinski definition) is 1. The lowest BCUT2D eigenvalue weighted by atomic mass is 9.75. The van der Waals surface area contributed by atoms with Crippen molar-refractivity contribution >= 4 is 0 Å². The smallest absolute Gasteiger partial charge is 0.00488 e. The van der Waals surface area contributed by atoms with Gasteiger partial charge in [-0.25, -0.2) is 0 Å². The van der Waals surface area contributed by atoms with Crippen molar-refractivity contribution in [3.8, 4) is 0 Å². The Kier molecular flexibility index (Phi) is 6.31. The van der Waals surface area contributed by atoms with E-state index in [2.05, 4.69) is 26.1 Å². The summed E-state index contributed by atoms with van der Waals surface area (Å²) in [5.74, 6) is 2.97. The Labute approximate surface area is 96.0 Å². The Morgan fingerprint density at radius 3 is 2.27 bits per heavy atom. The van der Waals surface area contributed by atoms with E-state index < -0.39 is 0 Å². The molecule has 0 aromatic heterocycles. The summed E-state index contributed by atoms with van der Waals surface area (Å²) >= 11 is 0. The zero-order valence-electron chi connectivity index (χ0n) is 10.9. The lowest BCUT2D eigenvalue weighted by Gasteiger charge is -2.31. The van der Waals surface area contributed by atoms with Crippen LogP contribution in [-0.4, -0.2) is 13.1 Å². The third kappa shape index (κ3) is 5.55. The summed E-state index contributed by atoms with van der Waals surface area (Å²) in [5, 5.41) is 3.50. The van der Waals surface area contributed by atoms with Crippen LogP contribution in [0.4, 0.5) is 0 Å². The molecule has 0 aromatic carbocycles. The lowest BCUT2D eigenvalue weighted by Crippen LogP contribution is -2.21. The van der Waals surface area contributed by atoms with Crippen molar-refractivity contribution in [3.63, 3.8) is 0 Å². The minimum absolute atomic E-state index is 0.974. The molecule has 0 amide bonds. The van der Waals surface area contributed by atoms with E-state index >= 15 is 0 Å². The molecular formula is C14H29N. The average molecular weight is 211 g/mol. The van der Waals surface area contributed by atoms with Crippen LogP contribution >= 0.6 is 0 Å². The van der Waals surface area contributed by atoms with Gasteiger partial charge in [-0.2, -0.15) is 0 Å². The maximum Gasteiger partial charge on any atom is -0.00488 e. The highest BCUT2D eigenvalue weighted by atomic mass is 14.8. The van der Waals surface area contributed by atoms with Crippen LogP contribution in [0.2, 0.25) is 0 Å². The second kappa shape index (κ2) is 7.27. The van der Waals surface area contributed by atoms with Crippen LogP contribution in [-0.2, 0) is 0 Å². The Hall–Kier alpha value is -0.0400. The Morgan fingerprint density at radius 2 is 1.67 bits per heavy atom. The molecule has 0 bridgehead atoms. The first-order valence-corrected chi connectivity index (χ1v) is 6.93. The molecule has 0 aromatic rings. The second-order valence-electron chi connectivity index (χ2n) is 5.68. The summed E-state index contributed by atoms with van der Waals surface area (Å²) in [6, 6.07) is 0. The van der Waals surface area contributed by atoms with E-state index in [1.54, 1.807) is 0 Å². The summed E-state index contributed by atoms with van der Waals surface area (Å²) < 4.78 is 0. The molecule has 90 valence electrons. The molecule has 1 N–H and O–H groups in total. The van der Waals surface area contributed by atoms with Gasteiger partial charge in [0.1, 0.15) is 0 Å². The molecule has 0 heterocycles. The molecule has 0 aliphatic heterocycles. The molecule has 1 nitrogen and oxygen atoms in total. The Balaban J connectivity index is 2.04. The predicted octanol–water partition coefficient (Wildman–Crippen LogP) is 3.84. The molecule has 1 aliphatic carbocycles. The summed E-state index contributed by atoms with van der Waals surface area (Å²) in [5.41, 5.74) is 0. The van der Waals surface area contributed by atoms with Crippen LogP contribution in [0.5, 0.6) is 0 Å². The minimum Gasteiger partial charge on any atom is -0.317 e. The average Bonchev–Trinajstić information content (AvgIpc) is 2.16. The largest absolute Gasteiger partial charge is 0.317 e. The van der Waals surface area contributed by atoms with Crippen LogP contribution in [0.25, 0.3) is 0 Å². The fourth-order valence-corrected chi connectivity index (χ4v) is 3.17. The van der Waals surface area contributed by atoms with Crippen LogP contribution in [0.1, 0.15) is 59.3 Å². The fraction of sp³-hybridized carbons (Fsp3) is 1.00. The molecule has 2 unspecified atom stereocenters. The van der Waals surface area contributed by atoms with E-state index in [0.29, 0.717) is 0 Å². The molecule has 0 saturated heterocycles. The van der Waals surface area contributed by atoms with Crippen molar-refractivity contribution in [1.29, 1.82) is 0 Å². The summed E-state index contributed by atoms with van der Waals surface area (Å²) in [6.45, 7) is 9.51. The van der Waals surface area contributed by atoms with Gasteiger partial charge in [0.2, 0.25) is 0 Å². The van der Waals surface area contributed by atoms with Gasteiger partial charge in [-0.1, -0.05) is 20.8 Å². The maximum absolute atomic E-state index is 3.50. The highest BCUT2D eigenvalue weighted by Gasteiger charge is 2.23. The second-order valence-corrected chi connectivity index (χ2v) is 5.68. The van der Waals surface area contributed by atoms with Crippen molar-refractivity contribution in [2.45, 2.75) is 59.3 Å². The quantitative estimate of drug-likeness (QED) is 0.658. The normalized spacial score (nSPS) is 31.8. The fourth-order valence-electron chi connectivity index (χ4n) is 3.17. The van der Waals surface area contributed by atoms with Gasteiger partial charge in [-0.15, -0.1) is 0 Å². The summed E-state index contributed by atoms with van der Waals surface area (Å²) in [6.07, 6.45) is 8.52. The first kappa shape index (κ1) is 13.0. The van der Waals surface area contributed by atoms with Gasteiger partial charge >= 0.3 is 0 Å². The monoisotopic (exact) mass is 211 g/mol. The van der Waals surface area contributed by atoms with Gasteiger partial charge in [-0.05, 0) is 69.4 Å². The van der Waals surface area contributed by atoms with Gasteiger partial charge in [0.25, 0.3) is 0 Å². The topological polar surface area (TPSA) is 12.0 Å². The van der Waals surface area contributed by atoms with Gasteiger partial charge in [0.15, 0.2) is 0 Å². The van der Waals surface area contributed by atoms with Gasteiger partial charge in [0.05, 0.1) is 0 Å². The van der Waals surface area contributed by atoms with Crippen LogP contribution in [0.15, 0.2) is 0 Å². The molecular weight excluding hydrogens is 182 g/mol. The van der Waals surface area contributed by atoms with Crippen molar-refractivity contribution < 1.29 is 0 Å². The first-order chi connectivity index (χ1) is 7.22. The molecule has 1 rings (SSSR count). The van der Waals surface area contributed by atoms with Crippen LogP contribution < -0.4 is 5.32 Å². The molecule has 0 radical (unpaired) electrons. The number of rotatable bonds is 6. The van der Waals surface area contributed by atoms with Crippen molar-refractivity contribution in [2.24, 2.45) is 17.8 Å². The standard InChI is InChI=1S/C14H29N/c1-4-7-15-8-5-6-14-10-12(2)9-13(3)11-14/h12-15H,4-11H2,1-3H3. The first-order valence-electron chi connectivity index (χ1n) is 6.93. The third-order valence-corrected chi connectivity index (χ3v) is 3.67. The zero-order chi connectivity index (χ0) is 11.1. The molecule has 1 saturated carbocycles. The van der Waals surface area contributed by atoms with Crippen molar-refractivity contribution in [1.82, 2.24) is 5.32 Å². The van der Waals surface area contributed by atoms with E-state index in [0.717, 1.165) is 17.8 Å². The van der Waals surface area contributed by atoms with Gasteiger partial charge in [0, 0.05) is 0 Å². The van der Waals surface area contributed by atoms with Crippen molar-refractivity contribution in [2.75, 3.05) is 13.1 Å². The molecule has 1 heteroatoms. The van der Waals surface area contributed by atoms with Crippen molar-refractivity contribution in [3.05, 3.63) is 0 Å². The summed E-state index contributed by atoms with van der Waals surface area (Å²) in [4.78, 5) is 0. The highest BCUT2D eigenvalue weighted by Crippen LogP contribution is 2.34. The molecule has 2 atom stereocenters. The molecule has 1 aliphatic rings. The van der Waals surface area contributed by atoms with Gasteiger partial charge in [-0.3, -0.25) is 0 Å². The van der Waals surface area contributed by atoms with Crippen LogP contribution in [0.3, 0.4) is 0 Å². The van der Waals surface area contributed by atoms with E-state index in [9.17, 15) is 0 Å². The third-order valence-electron chi connectivity index (χ3n) is 3.67. The Morgan fingerprint density at radius 1 is 1.00 bits per heavy atom. The van der Waals surface area contributed by atoms with E-state index in [1.165, 1.54) is 51.6 Å².